The predicted octanol–water partition coefficient (Wildman–Crippen LogP) is 4.21. The van der Waals surface area contributed by atoms with Crippen molar-refractivity contribution in [2.75, 3.05) is 12.0 Å². The van der Waals surface area contributed by atoms with Crippen molar-refractivity contribution < 1.29 is 9.59 Å². The van der Waals surface area contributed by atoms with E-state index in [1.54, 1.807) is 6.08 Å². The van der Waals surface area contributed by atoms with Gasteiger partial charge in [-0.3, -0.25) is 9.59 Å². The van der Waals surface area contributed by atoms with Crippen molar-refractivity contribution in [3.8, 4) is 0 Å². The van der Waals surface area contributed by atoms with Crippen LogP contribution < -0.4 is 0 Å². The Morgan fingerprint density at radius 1 is 1.17 bits per heavy atom. The van der Waals surface area contributed by atoms with Gasteiger partial charge in [-0.1, -0.05) is 18.6 Å². The summed E-state index contributed by atoms with van der Waals surface area (Å²) in [5, 5.41) is 0. The van der Waals surface area contributed by atoms with Crippen molar-refractivity contribution in [1.82, 2.24) is 0 Å². The Hall–Kier alpha value is -0.830. The van der Waals surface area contributed by atoms with E-state index in [2.05, 4.69) is 19.3 Å². The van der Waals surface area contributed by atoms with Gasteiger partial charge in [0.2, 0.25) is 0 Å². The highest BCUT2D eigenvalue weighted by Gasteiger charge is 2.60. The number of ketones is 2. The van der Waals surface area contributed by atoms with E-state index < -0.39 is 0 Å². The lowest BCUT2D eigenvalue weighted by Crippen LogP contribution is -2.51. The summed E-state index contributed by atoms with van der Waals surface area (Å²) < 4.78 is 0. The third-order valence-corrected chi connectivity index (χ3v) is 8.21. The minimum absolute atomic E-state index is 0.0354. The number of allylic oxidation sites excluding steroid dienone is 4. The molecule has 0 aromatic heterocycles. The molecular formula is C20H26O2S. The number of carbonyl (C=O) groups excluding carboxylic acids is 2. The third-order valence-electron chi connectivity index (χ3n) is 7.40. The average molecular weight is 330 g/mol. The average Bonchev–Trinajstić information content (AvgIpc) is 2.86. The Bertz CT molecular complexity index is 619. The smallest absolute Gasteiger partial charge is 0.178 e. The highest BCUT2D eigenvalue weighted by atomic mass is 32.2. The van der Waals surface area contributed by atoms with E-state index in [4.69, 9.17) is 0 Å². The lowest BCUT2D eigenvalue weighted by atomic mass is 9.48. The van der Waals surface area contributed by atoms with Crippen LogP contribution in [0.3, 0.4) is 0 Å². The number of fused-ring (bicyclic) bond motifs is 5. The van der Waals surface area contributed by atoms with Crippen LogP contribution in [0.2, 0.25) is 0 Å². The van der Waals surface area contributed by atoms with Gasteiger partial charge in [0.15, 0.2) is 5.78 Å². The minimum atomic E-state index is -0.0354. The molecule has 0 N–H and O–H groups in total. The van der Waals surface area contributed by atoms with Gasteiger partial charge >= 0.3 is 0 Å². The molecule has 23 heavy (non-hydrogen) atoms. The first-order valence-corrected chi connectivity index (χ1v) is 10.4. The van der Waals surface area contributed by atoms with Crippen LogP contribution >= 0.6 is 11.8 Å². The van der Waals surface area contributed by atoms with Crippen LogP contribution in [0, 0.1) is 28.6 Å². The molecule has 0 heterocycles. The minimum Gasteiger partial charge on any atom is -0.299 e. The molecule has 0 aromatic rings. The van der Waals surface area contributed by atoms with Crippen LogP contribution in [0.1, 0.15) is 45.4 Å². The van der Waals surface area contributed by atoms with Crippen molar-refractivity contribution in [2.45, 2.75) is 45.4 Å². The van der Waals surface area contributed by atoms with Crippen molar-refractivity contribution in [3.05, 3.63) is 23.8 Å². The van der Waals surface area contributed by atoms with Gasteiger partial charge in [-0.2, -0.15) is 11.8 Å². The van der Waals surface area contributed by atoms with Gasteiger partial charge in [0, 0.05) is 23.0 Å². The van der Waals surface area contributed by atoms with E-state index in [9.17, 15) is 9.59 Å². The van der Waals surface area contributed by atoms with Crippen molar-refractivity contribution in [1.29, 1.82) is 0 Å². The quantitative estimate of drug-likeness (QED) is 0.761. The van der Waals surface area contributed by atoms with Crippen LogP contribution in [0.15, 0.2) is 23.8 Å². The molecule has 0 aromatic carbocycles. The molecule has 0 unspecified atom stereocenters. The molecule has 5 atom stereocenters. The van der Waals surface area contributed by atoms with Gasteiger partial charge in [-0.05, 0) is 68.3 Å². The van der Waals surface area contributed by atoms with E-state index in [-0.39, 0.29) is 16.6 Å². The fourth-order valence-corrected chi connectivity index (χ4v) is 7.34. The molecule has 3 saturated carbocycles. The molecule has 4 rings (SSSR count). The zero-order valence-corrected chi connectivity index (χ0v) is 15.0. The summed E-state index contributed by atoms with van der Waals surface area (Å²) >= 11 is 1.85. The van der Waals surface area contributed by atoms with Crippen LogP contribution in [0.5, 0.6) is 0 Å². The molecule has 2 nitrogen and oxygen atoms in total. The number of carbonyl (C=O) groups is 2. The zero-order valence-electron chi connectivity index (χ0n) is 14.1. The Labute approximate surface area is 143 Å². The maximum Gasteiger partial charge on any atom is 0.178 e. The Morgan fingerprint density at radius 2 is 2.00 bits per heavy atom. The van der Waals surface area contributed by atoms with Gasteiger partial charge in [-0.25, -0.2) is 0 Å². The second-order valence-electron chi connectivity index (χ2n) is 8.19. The fraction of sp³-hybridized carbons (Fsp3) is 0.700. The number of Topliss-reactive ketones (excluding diaryl/α,β-unsaturated/α-hetero) is 1. The number of hydrogen-bond donors (Lipinski definition) is 0. The van der Waals surface area contributed by atoms with E-state index in [0.717, 1.165) is 37.9 Å². The van der Waals surface area contributed by atoms with Gasteiger partial charge < -0.3 is 0 Å². The molecular weight excluding hydrogens is 304 g/mol. The first-order chi connectivity index (χ1) is 11.0. The molecule has 0 spiro atoms. The van der Waals surface area contributed by atoms with Crippen LogP contribution in [0.4, 0.5) is 0 Å². The molecule has 0 aliphatic heterocycles. The maximum atomic E-state index is 12.7. The molecule has 4 aliphatic rings. The number of thioether (sulfide) groups is 1. The molecule has 4 aliphatic carbocycles. The summed E-state index contributed by atoms with van der Waals surface area (Å²) in [6, 6.07) is 0. The van der Waals surface area contributed by atoms with Crippen LogP contribution in [0.25, 0.3) is 0 Å². The lowest BCUT2D eigenvalue weighted by Gasteiger charge is -2.56. The SMILES string of the molecule is CSC[C@]12CC[C@H]3[C@@H](CCC4=CC(=O)C=C[C@@]43C)[C@@H]1CCC2=O. The summed E-state index contributed by atoms with van der Waals surface area (Å²) in [6.45, 7) is 2.33. The first-order valence-electron chi connectivity index (χ1n) is 8.98. The monoisotopic (exact) mass is 330 g/mol. The Morgan fingerprint density at radius 3 is 2.78 bits per heavy atom. The normalized spacial score (nSPS) is 45.3. The number of hydrogen-bond acceptors (Lipinski definition) is 3. The Kier molecular flexibility index (Phi) is 3.64. The van der Waals surface area contributed by atoms with Crippen molar-refractivity contribution in [3.63, 3.8) is 0 Å². The molecule has 3 heteroatoms. The Balaban J connectivity index is 1.70. The fourth-order valence-electron chi connectivity index (χ4n) is 6.30. The van der Waals surface area contributed by atoms with E-state index in [1.165, 1.54) is 12.0 Å². The summed E-state index contributed by atoms with van der Waals surface area (Å²) in [6.07, 6.45) is 14.3. The van der Waals surface area contributed by atoms with E-state index in [1.807, 2.05) is 17.8 Å². The number of rotatable bonds is 2. The van der Waals surface area contributed by atoms with E-state index in [0.29, 0.717) is 23.5 Å². The highest BCUT2D eigenvalue weighted by molar-refractivity contribution is 7.98. The largest absolute Gasteiger partial charge is 0.299 e. The summed E-state index contributed by atoms with van der Waals surface area (Å²) in [7, 11) is 0. The lowest BCUT2D eigenvalue weighted by molar-refractivity contribution is -0.131. The molecule has 124 valence electrons. The van der Waals surface area contributed by atoms with Crippen molar-refractivity contribution >= 4 is 23.3 Å². The third kappa shape index (κ3) is 2.08. The molecule has 0 amide bonds. The topological polar surface area (TPSA) is 34.1 Å². The van der Waals surface area contributed by atoms with Gasteiger partial charge in [0.25, 0.3) is 0 Å². The second kappa shape index (κ2) is 5.34. The van der Waals surface area contributed by atoms with Crippen molar-refractivity contribution in [2.24, 2.45) is 28.6 Å². The molecule has 0 radical (unpaired) electrons. The molecule has 3 fully saturated rings. The molecule has 0 saturated heterocycles. The van der Waals surface area contributed by atoms with Crippen LogP contribution in [-0.2, 0) is 9.59 Å². The summed E-state index contributed by atoms with van der Waals surface area (Å²) in [5.41, 5.74) is 1.35. The standard InChI is InChI=1S/C20H26O2S/c1-19-9-7-14(21)11-13(19)3-4-15-16(19)8-10-20(12-23-2)17(15)5-6-18(20)22/h7,9,11,15-17H,3-6,8,10,12H2,1-2H3/t15-,16+,17+,19+,20-/m1/s1. The van der Waals surface area contributed by atoms with E-state index >= 15 is 0 Å². The summed E-state index contributed by atoms with van der Waals surface area (Å²) in [4.78, 5) is 24.5. The summed E-state index contributed by atoms with van der Waals surface area (Å²) in [5.74, 6) is 3.54. The molecule has 0 bridgehead atoms. The highest BCUT2D eigenvalue weighted by Crippen LogP contribution is 2.64. The van der Waals surface area contributed by atoms with Gasteiger partial charge in [0.1, 0.15) is 5.78 Å². The second-order valence-corrected chi connectivity index (χ2v) is 9.06. The predicted molar refractivity (Wildman–Crippen MR) is 94.3 cm³/mol. The van der Waals surface area contributed by atoms with Crippen LogP contribution in [-0.4, -0.2) is 23.6 Å². The maximum absolute atomic E-state index is 12.7. The zero-order chi connectivity index (χ0) is 16.2. The van der Waals surface area contributed by atoms with Gasteiger partial charge in [-0.15, -0.1) is 0 Å². The first kappa shape index (κ1) is 15.7. The van der Waals surface area contributed by atoms with Gasteiger partial charge in [0.05, 0.1) is 0 Å².